The Morgan fingerprint density at radius 3 is 2.37 bits per heavy atom. The summed E-state index contributed by atoms with van der Waals surface area (Å²) in [6.07, 6.45) is 9.27. The zero-order chi connectivity index (χ0) is 20.2. The number of nitrogens with zero attached hydrogens (tertiary/aromatic N) is 4. The number of benzene rings is 2. The zero-order valence-corrected chi connectivity index (χ0v) is 17.1. The fourth-order valence-corrected chi connectivity index (χ4v) is 4.42. The molecule has 0 aliphatic carbocycles. The van der Waals surface area contributed by atoms with Gasteiger partial charge >= 0.3 is 0 Å². The highest BCUT2D eigenvalue weighted by molar-refractivity contribution is 5.99. The van der Waals surface area contributed by atoms with Crippen LogP contribution in [0.25, 0.3) is 17.0 Å². The van der Waals surface area contributed by atoms with Crippen LogP contribution < -0.4 is 0 Å². The van der Waals surface area contributed by atoms with Gasteiger partial charge in [-0.2, -0.15) is 0 Å². The first-order chi connectivity index (χ1) is 14.8. The average molecular weight is 395 g/mol. The molecule has 30 heavy (non-hydrogen) atoms. The van der Waals surface area contributed by atoms with Crippen LogP contribution in [-0.4, -0.2) is 33.7 Å². The summed E-state index contributed by atoms with van der Waals surface area (Å²) in [5.41, 5.74) is 6.05. The lowest BCUT2D eigenvalue weighted by molar-refractivity contribution is 0.196. The molecule has 150 valence electrons. The molecule has 5 rings (SSSR count). The van der Waals surface area contributed by atoms with Crippen LogP contribution in [0.2, 0.25) is 0 Å². The third kappa shape index (κ3) is 4.24. The molecule has 2 aliphatic rings. The number of allylic oxidation sites excluding steroid dienone is 1. The largest absolute Gasteiger partial charge is 0.298 e. The first-order valence-corrected chi connectivity index (χ1v) is 10.7. The second-order valence-corrected chi connectivity index (χ2v) is 8.17. The number of rotatable bonds is 5. The molecule has 0 N–H and O–H groups in total. The third-order valence-corrected chi connectivity index (χ3v) is 6.04. The van der Waals surface area contributed by atoms with Crippen molar-refractivity contribution >= 4 is 11.3 Å². The van der Waals surface area contributed by atoms with Gasteiger partial charge in [0.1, 0.15) is 0 Å². The molecule has 1 unspecified atom stereocenters. The molecule has 0 saturated carbocycles. The summed E-state index contributed by atoms with van der Waals surface area (Å²) >= 11 is 0. The molecule has 3 aromatic rings. The molecule has 2 aliphatic heterocycles. The Morgan fingerprint density at radius 2 is 1.60 bits per heavy atom. The molecule has 1 atom stereocenters. The second-order valence-electron chi connectivity index (χ2n) is 8.17. The van der Waals surface area contributed by atoms with Crippen LogP contribution in [0, 0.1) is 5.92 Å². The van der Waals surface area contributed by atoms with E-state index >= 15 is 0 Å². The number of hydrogen-bond donors (Lipinski definition) is 0. The Kier molecular flexibility index (Phi) is 5.49. The second kappa shape index (κ2) is 8.72. The number of piperidine rings is 1. The van der Waals surface area contributed by atoms with Crippen LogP contribution >= 0.6 is 0 Å². The fourth-order valence-electron chi connectivity index (χ4n) is 4.42. The minimum absolute atomic E-state index is 0.542. The van der Waals surface area contributed by atoms with Crippen LogP contribution in [0.1, 0.15) is 30.4 Å². The molecule has 0 radical (unpaired) electrons. The van der Waals surface area contributed by atoms with Gasteiger partial charge < -0.3 is 0 Å². The van der Waals surface area contributed by atoms with E-state index in [9.17, 15) is 0 Å². The van der Waals surface area contributed by atoms with Crippen LogP contribution in [0.15, 0.2) is 84.2 Å². The first-order valence-electron chi connectivity index (χ1n) is 10.7. The quantitative estimate of drug-likeness (QED) is 0.594. The van der Waals surface area contributed by atoms with Crippen LogP contribution in [0.5, 0.6) is 0 Å². The van der Waals surface area contributed by atoms with Gasteiger partial charge in [-0.25, -0.2) is 9.97 Å². The van der Waals surface area contributed by atoms with Crippen molar-refractivity contribution in [3.63, 3.8) is 0 Å². The molecule has 1 saturated heterocycles. The monoisotopic (exact) mass is 394 g/mol. The molecule has 0 amide bonds. The molecule has 3 heterocycles. The third-order valence-electron chi connectivity index (χ3n) is 6.04. The Labute approximate surface area is 178 Å². The van der Waals surface area contributed by atoms with Gasteiger partial charge in [0.15, 0.2) is 5.82 Å². The highest BCUT2D eigenvalue weighted by atomic mass is 15.1. The van der Waals surface area contributed by atoms with E-state index in [-0.39, 0.29) is 0 Å². The predicted octanol–water partition coefficient (Wildman–Crippen LogP) is 5.24. The van der Waals surface area contributed by atoms with Gasteiger partial charge in [0.2, 0.25) is 0 Å². The minimum Gasteiger partial charge on any atom is -0.298 e. The maximum atomic E-state index is 4.81. The molecule has 2 aromatic carbocycles. The summed E-state index contributed by atoms with van der Waals surface area (Å²) in [4.78, 5) is 16.5. The van der Waals surface area contributed by atoms with E-state index in [1.807, 2.05) is 48.9 Å². The highest BCUT2D eigenvalue weighted by Crippen LogP contribution is 2.30. The summed E-state index contributed by atoms with van der Waals surface area (Å²) < 4.78 is 0. The predicted molar refractivity (Wildman–Crippen MR) is 122 cm³/mol. The molecule has 4 nitrogen and oxygen atoms in total. The molecule has 1 fully saturated rings. The van der Waals surface area contributed by atoms with Gasteiger partial charge in [0, 0.05) is 60.9 Å². The van der Waals surface area contributed by atoms with Crippen molar-refractivity contribution in [2.75, 3.05) is 13.1 Å². The van der Waals surface area contributed by atoms with E-state index in [2.05, 4.69) is 45.2 Å². The Hall–Kier alpha value is -3.11. The van der Waals surface area contributed by atoms with Crippen molar-refractivity contribution in [1.82, 2.24) is 14.9 Å². The van der Waals surface area contributed by atoms with E-state index in [0.717, 1.165) is 36.5 Å². The Morgan fingerprint density at radius 1 is 0.867 bits per heavy atom. The van der Waals surface area contributed by atoms with Crippen molar-refractivity contribution in [3.8, 4) is 11.4 Å². The van der Waals surface area contributed by atoms with Crippen LogP contribution in [-0.2, 0) is 6.54 Å². The minimum atomic E-state index is 0.542. The van der Waals surface area contributed by atoms with Gasteiger partial charge in [0.05, 0.1) is 0 Å². The number of aromatic nitrogens is 2. The van der Waals surface area contributed by atoms with Gasteiger partial charge in [-0.15, -0.1) is 0 Å². The van der Waals surface area contributed by atoms with Crippen molar-refractivity contribution in [1.29, 1.82) is 0 Å². The number of hydrogen-bond acceptors (Lipinski definition) is 4. The number of aliphatic imine (C=N–C) groups is 1. The van der Waals surface area contributed by atoms with Crippen LogP contribution in [0.4, 0.5) is 0 Å². The van der Waals surface area contributed by atoms with Gasteiger partial charge in [0.25, 0.3) is 0 Å². The molecule has 0 spiro atoms. The summed E-state index contributed by atoms with van der Waals surface area (Å²) in [5, 5.41) is 0. The van der Waals surface area contributed by atoms with Crippen molar-refractivity contribution in [2.24, 2.45) is 10.9 Å². The van der Waals surface area contributed by atoms with E-state index in [1.165, 1.54) is 36.2 Å². The standard InChI is InChI=1S/C26H26N4/c1-3-8-20(9-4-1)18-30-13-7-12-22(19-30)25-14-23(15-27-25)24-16-28-26(29-17-24)21-10-5-2-6-11-21/h1-6,8-11,15-17,22H,7,12-14,18-19H2. The van der Waals surface area contributed by atoms with Gasteiger partial charge in [-0.1, -0.05) is 60.7 Å². The zero-order valence-electron chi connectivity index (χ0n) is 17.1. The SMILES string of the molecule is C1=C(c2cnc(-c3ccccc3)nc2)CC(C2CCCN(Cc3ccccc3)C2)=N1. The lowest BCUT2D eigenvalue weighted by Gasteiger charge is -2.33. The van der Waals surface area contributed by atoms with Crippen molar-refractivity contribution in [3.05, 3.63) is 90.4 Å². The topological polar surface area (TPSA) is 41.4 Å². The molecular weight excluding hydrogens is 368 g/mol. The van der Waals surface area contributed by atoms with Gasteiger partial charge in [-0.05, 0) is 30.5 Å². The lowest BCUT2D eigenvalue weighted by atomic mass is 9.89. The smallest absolute Gasteiger partial charge is 0.159 e. The van der Waals surface area contributed by atoms with Gasteiger partial charge in [-0.3, -0.25) is 9.89 Å². The fraction of sp³-hybridized carbons (Fsp3) is 0.269. The van der Waals surface area contributed by atoms with Crippen molar-refractivity contribution in [2.45, 2.75) is 25.8 Å². The molecular formula is C26H26N4. The normalized spacial score (nSPS) is 19.4. The molecule has 1 aromatic heterocycles. The summed E-state index contributed by atoms with van der Waals surface area (Å²) in [6.45, 7) is 3.30. The Bertz CT molecular complexity index is 1040. The van der Waals surface area contributed by atoms with E-state index in [4.69, 9.17) is 4.99 Å². The van der Waals surface area contributed by atoms with Crippen LogP contribution in [0.3, 0.4) is 0 Å². The lowest BCUT2D eigenvalue weighted by Crippen LogP contribution is -2.38. The maximum absolute atomic E-state index is 4.81. The average Bonchev–Trinajstić information content (AvgIpc) is 3.31. The molecule has 4 heteroatoms. The van der Waals surface area contributed by atoms with E-state index in [1.54, 1.807) is 0 Å². The van der Waals surface area contributed by atoms with E-state index < -0.39 is 0 Å². The summed E-state index contributed by atoms with van der Waals surface area (Å²) in [7, 11) is 0. The molecule has 0 bridgehead atoms. The van der Waals surface area contributed by atoms with E-state index in [0.29, 0.717) is 5.92 Å². The highest BCUT2D eigenvalue weighted by Gasteiger charge is 2.26. The maximum Gasteiger partial charge on any atom is 0.159 e. The Balaban J connectivity index is 1.21. The number of likely N-dealkylation sites (tertiary alicyclic amines) is 1. The summed E-state index contributed by atoms with van der Waals surface area (Å²) in [6, 6.07) is 20.9. The van der Waals surface area contributed by atoms with Crippen molar-refractivity contribution < 1.29 is 0 Å². The first kappa shape index (κ1) is 18.9. The summed E-state index contributed by atoms with van der Waals surface area (Å²) in [5.74, 6) is 1.31.